The largest absolute Gasteiger partial charge is 0.356 e. The van der Waals surface area contributed by atoms with Gasteiger partial charge in [-0.15, -0.1) is 5.10 Å². The molecule has 0 amide bonds. The van der Waals surface area contributed by atoms with E-state index in [1.54, 1.807) is 0 Å². The summed E-state index contributed by atoms with van der Waals surface area (Å²) in [5.41, 5.74) is 2.85. The maximum atomic E-state index is 12.0. The fraction of sp³-hybridized carbons (Fsp3) is 0.333. The quantitative estimate of drug-likeness (QED) is 0.758. The molecule has 3 heterocycles. The molecule has 0 unspecified atom stereocenters. The van der Waals surface area contributed by atoms with Crippen molar-refractivity contribution < 1.29 is 0 Å². The summed E-state index contributed by atoms with van der Waals surface area (Å²) in [6.45, 7) is 6.04. The number of hydrogen-bond donors (Lipinski definition) is 2. The van der Waals surface area contributed by atoms with E-state index >= 15 is 0 Å². The number of pyridine rings is 1. The summed E-state index contributed by atoms with van der Waals surface area (Å²) in [5, 5.41) is 7.88. The van der Waals surface area contributed by atoms with Crippen LogP contribution in [0.1, 0.15) is 29.4 Å². The molecule has 0 aliphatic rings. The normalized spacial score (nSPS) is 11.1. The predicted octanol–water partition coefficient (Wildman–Crippen LogP) is 1.63. The topological polar surface area (TPSA) is 92.2 Å². The van der Waals surface area contributed by atoms with Crippen molar-refractivity contribution in [2.75, 3.05) is 5.32 Å². The van der Waals surface area contributed by atoms with Crippen LogP contribution < -0.4 is 16.4 Å². The lowest BCUT2D eigenvalue weighted by molar-refractivity contribution is 0.872. The van der Waals surface area contributed by atoms with E-state index in [-0.39, 0.29) is 11.1 Å². The van der Waals surface area contributed by atoms with Crippen molar-refractivity contribution in [3.05, 3.63) is 55.4 Å². The van der Waals surface area contributed by atoms with Crippen LogP contribution in [0, 0.1) is 13.8 Å². The van der Waals surface area contributed by atoms with E-state index in [4.69, 9.17) is 0 Å². The van der Waals surface area contributed by atoms with Crippen LogP contribution in [0.3, 0.4) is 0 Å². The van der Waals surface area contributed by atoms with Crippen LogP contribution in [-0.4, -0.2) is 19.6 Å². The zero-order valence-electron chi connectivity index (χ0n) is 13.1. The molecular formula is C15H17N5O2S. The Morgan fingerprint density at radius 2 is 2.09 bits per heavy atom. The Hall–Kier alpha value is -2.48. The lowest BCUT2D eigenvalue weighted by Crippen LogP contribution is -2.19. The maximum absolute atomic E-state index is 12.0. The van der Waals surface area contributed by atoms with Gasteiger partial charge in [-0.2, -0.15) is 4.52 Å². The van der Waals surface area contributed by atoms with Crippen LogP contribution in [0.25, 0.3) is 4.96 Å². The van der Waals surface area contributed by atoms with Crippen molar-refractivity contribution in [2.24, 2.45) is 0 Å². The number of aromatic nitrogens is 4. The van der Waals surface area contributed by atoms with E-state index in [1.807, 2.05) is 26.8 Å². The number of anilines is 1. The van der Waals surface area contributed by atoms with Gasteiger partial charge in [0.15, 0.2) is 0 Å². The molecule has 0 saturated heterocycles. The van der Waals surface area contributed by atoms with Crippen molar-refractivity contribution in [2.45, 2.75) is 33.7 Å². The van der Waals surface area contributed by atoms with E-state index in [1.165, 1.54) is 21.9 Å². The molecule has 3 aromatic rings. The van der Waals surface area contributed by atoms with Gasteiger partial charge in [0.25, 0.3) is 11.1 Å². The Balaban J connectivity index is 1.90. The first-order valence-electron chi connectivity index (χ1n) is 7.31. The summed E-state index contributed by atoms with van der Waals surface area (Å²) in [7, 11) is 0. The van der Waals surface area contributed by atoms with Gasteiger partial charge in [0, 0.05) is 29.6 Å². The van der Waals surface area contributed by atoms with E-state index in [9.17, 15) is 9.59 Å². The van der Waals surface area contributed by atoms with Crippen LogP contribution >= 0.6 is 11.3 Å². The minimum atomic E-state index is -0.194. The number of aromatic amines is 1. The lowest BCUT2D eigenvalue weighted by Gasteiger charge is -2.06. The molecule has 0 radical (unpaired) electrons. The fourth-order valence-electron chi connectivity index (χ4n) is 2.37. The second kappa shape index (κ2) is 5.96. The van der Waals surface area contributed by atoms with E-state index < -0.39 is 0 Å². The SMILES string of the molecule is CCc1cc(=O)n2nc(NCc3c(C)cc(C)[nH]c3=O)sc2n1. The molecule has 0 aliphatic carbocycles. The second-order valence-electron chi connectivity index (χ2n) is 5.34. The highest BCUT2D eigenvalue weighted by atomic mass is 32.1. The maximum Gasteiger partial charge on any atom is 0.275 e. The van der Waals surface area contributed by atoms with E-state index in [0.717, 1.165) is 17.0 Å². The summed E-state index contributed by atoms with van der Waals surface area (Å²) in [6, 6.07) is 3.42. The van der Waals surface area contributed by atoms with Gasteiger partial charge in [-0.3, -0.25) is 9.59 Å². The van der Waals surface area contributed by atoms with E-state index in [0.29, 0.717) is 28.6 Å². The lowest BCUT2D eigenvalue weighted by atomic mass is 10.1. The highest BCUT2D eigenvalue weighted by molar-refractivity contribution is 7.20. The monoisotopic (exact) mass is 331 g/mol. The van der Waals surface area contributed by atoms with Crippen molar-refractivity contribution in [1.82, 2.24) is 19.6 Å². The molecule has 3 rings (SSSR count). The Morgan fingerprint density at radius 3 is 2.78 bits per heavy atom. The molecular weight excluding hydrogens is 314 g/mol. The third-order valence-corrected chi connectivity index (χ3v) is 4.44. The van der Waals surface area contributed by atoms with Crippen molar-refractivity contribution in [1.29, 1.82) is 0 Å². The molecule has 0 fully saturated rings. The van der Waals surface area contributed by atoms with Crippen LogP contribution in [0.5, 0.6) is 0 Å². The standard InChI is InChI=1S/C15H17N5O2S/c1-4-10-6-12(21)20-15(18-10)23-14(19-20)16-7-11-8(2)5-9(3)17-13(11)22/h5-6H,4,7H2,1-3H3,(H,16,19)(H,17,22). The number of aryl methyl sites for hydroxylation is 3. The number of rotatable bonds is 4. The predicted molar refractivity (Wildman–Crippen MR) is 90.4 cm³/mol. The van der Waals surface area contributed by atoms with Crippen LogP contribution in [0.4, 0.5) is 5.13 Å². The molecule has 0 saturated carbocycles. The summed E-state index contributed by atoms with van der Waals surface area (Å²) in [5.74, 6) is 0. The Morgan fingerprint density at radius 1 is 1.30 bits per heavy atom. The van der Waals surface area contributed by atoms with Gasteiger partial charge in [0.1, 0.15) is 0 Å². The molecule has 120 valence electrons. The minimum absolute atomic E-state index is 0.111. The van der Waals surface area contributed by atoms with Gasteiger partial charge in [0.2, 0.25) is 10.1 Å². The summed E-state index contributed by atoms with van der Waals surface area (Å²) in [4.78, 5) is 31.7. The Kier molecular flexibility index (Phi) is 3.99. The van der Waals surface area contributed by atoms with Crippen LogP contribution in [-0.2, 0) is 13.0 Å². The van der Waals surface area contributed by atoms with Crippen molar-refractivity contribution >= 4 is 21.4 Å². The van der Waals surface area contributed by atoms with Gasteiger partial charge in [-0.1, -0.05) is 18.3 Å². The molecule has 8 heteroatoms. The molecule has 0 aliphatic heterocycles. The molecule has 0 atom stereocenters. The first-order chi connectivity index (χ1) is 11.0. The summed E-state index contributed by atoms with van der Waals surface area (Å²) < 4.78 is 1.28. The third kappa shape index (κ3) is 3.02. The van der Waals surface area contributed by atoms with Crippen LogP contribution in [0.2, 0.25) is 0 Å². The minimum Gasteiger partial charge on any atom is -0.356 e. The van der Waals surface area contributed by atoms with Gasteiger partial charge in [-0.25, -0.2) is 4.98 Å². The highest BCUT2D eigenvalue weighted by Crippen LogP contribution is 2.17. The molecule has 2 N–H and O–H groups in total. The van der Waals surface area contributed by atoms with Gasteiger partial charge < -0.3 is 10.3 Å². The molecule has 23 heavy (non-hydrogen) atoms. The zero-order chi connectivity index (χ0) is 16.6. The molecule has 3 aromatic heterocycles. The first-order valence-corrected chi connectivity index (χ1v) is 8.12. The summed E-state index contributed by atoms with van der Waals surface area (Å²) in [6.07, 6.45) is 0.699. The number of H-pyrrole nitrogens is 1. The first kappa shape index (κ1) is 15.4. The number of fused-ring (bicyclic) bond motifs is 1. The number of hydrogen-bond acceptors (Lipinski definition) is 6. The highest BCUT2D eigenvalue weighted by Gasteiger charge is 2.10. The molecule has 7 nitrogen and oxygen atoms in total. The third-order valence-electron chi connectivity index (χ3n) is 3.57. The average molecular weight is 331 g/mol. The smallest absolute Gasteiger partial charge is 0.275 e. The van der Waals surface area contributed by atoms with Gasteiger partial charge >= 0.3 is 0 Å². The van der Waals surface area contributed by atoms with Gasteiger partial charge in [-0.05, 0) is 31.9 Å². The Bertz CT molecular complexity index is 986. The Labute approximate surface area is 136 Å². The van der Waals surface area contributed by atoms with Crippen molar-refractivity contribution in [3.63, 3.8) is 0 Å². The van der Waals surface area contributed by atoms with Crippen molar-refractivity contribution in [3.8, 4) is 0 Å². The van der Waals surface area contributed by atoms with Crippen LogP contribution in [0.15, 0.2) is 21.7 Å². The molecule has 0 aromatic carbocycles. The number of nitrogens with one attached hydrogen (secondary N) is 2. The molecule has 0 bridgehead atoms. The second-order valence-corrected chi connectivity index (χ2v) is 6.29. The van der Waals surface area contributed by atoms with E-state index in [2.05, 4.69) is 20.4 Å². The zero-order valence-corrected chi connectivity index (χ0v) is 14.0. The number of nitrogens with zero attached hydrogens (tertiary/aromatic N) is 3. The molecule has 0 spiro atoms. The summed E-state index contributed by atoms with van der Waals surface area (Å²) >= 11 is 1.29. The van der Waals surface area contributed by atoms with Gasteiger partial charge in [0.05, 0.1) is 0 Å². The average Bonchev–Trinajstić information content (AvgIpc) is 2.89. The fourth-order valence-corrected chi connectivity index (χ4v) is 3.19.